The van der Waals surface area contributed by atoms with Crippen LogP contribution in [0.3, 0.4) is 0 Å². The number of hydrogen-bond donors (Lipinski definition) is 1. The summed E-state index contributed by atoms with van der Waals surface area (Å²) < 4.78 is 6.60. The molecular weight excluding hydrogens is 564 g/mol. The average molecular weight is 586 g/mol. The summed E-state index contributed by atoms with van der Waals surface area (Å²) in [4.78, 5) is 67.2. The van der Waals surface area contributed by atoms with Gasteiger partial charge in [0.15, 0.2) is 0 Å². The first-order valence-corrected chi connectivity index (χ1v) is 12.2. The third-order valence-electron chi connectivity index (χ3n) is 5.93. The monoisotopic (exact) mass is 585 g/mol. The number of aromatic nitrogens is 2. The highest BCUT2D eigenvalue weighted by molar-refractivity contribution is 6.30. The summed E-state index contributed by atoms with van der Waals surface area (Å²) in [6, 6.07) is 15.4. The highest BCUT2D eigenvalue weighted by Crippen LogP contribution is 2.36. The zero-order chi connectivity index (χ0) is 29.7. The van der Waals surface area contributed by atoms with Crippen LogP contribution < -0.4 is 4.74 Å². The Labute approximate surface area is 236 Å². The number of carboxylic acid groups (broad SMARTS) is 1. The van der Waals surface area contributed by atoms with Gasteiger partial charge >= 0.3 is 17.2 Å². The lowest BCUT2D eigenvalue weighted by Crippen LogP contribution is -2.23. The van der Waals surface area contributed by atoms with Crippen LogP contribution in [0.2, 0.25) is 5.02 Å². The Kier molecular flexibility index (Phi) is 8.63. The minimum atomic E-state index is -1.89. The minimum absolute atomic E-state index is 0.0233. The van der Waals surface area contributed by atoms with Gasteiger partial charge in [-0.1, -0.05) is 17.7 Å². The molecule has 0 aliphatic rings. The number of benzene rings is 2. The predicted molar refractivity (Wildman–Crippen MR) is 140 cm³/mol. The van der Waals surface area contributed by atoms with E-state index in [-0.39, 0.29) is 33.3 Å². The van der Waals surface area contributed by atoms with E-state index >= 15 is 0 Å². The lowest BCUT2D eigenvalue weighted by molar-refractivity contribution is -0.989. The third kappa shape index (κ3) is 6.50. The number of fused-ring (bicyclic) bond motifs is 1. The zero-order valence-corrected chi connectivity index (χ0v) is 22.3. The van der Waals surface area contributed by atoms with Crippen LogP contribution in [0.25, 0.3) is 10.9 Å². The summed E-state index contributed by atoms with van der Waals surface area (Å²) in [6.07, 6.45) is -1.89. The standard InChI is InChI=1S/C26H21ClN4O10/c1-15-23(21-12-20(38-2)10-11-22(21)29(15)25(32)16-6-8-17(27)9-7-16)24(26(33)34)41-31(37)40-14-19-5-3-4-18(28-19)13-39-30(35)36/h3-12,24H,13-14H2,1-2H3/p+1. The van der Waals surface area contributed by atoms with Gasteiger partial charge in [-0.2, -0.15) is 9.68 Å². The molecule has 0 saturated heterocycles. The maximum atomic E-state index is 13.5. The molecule has 0 radical (unpaired) electrons. The number of aliphatic carboxylic acids is 1. The van der Waals surface area contributed by atoms with Crippen LogP contribution in [0.5, 0.6) is 5.75 Å². The average Bonchev–Trinajstić information content (AvgIpc) is 3.24. The Morgan fingerprint density at radius 1 is 1.05 bits per heavy atom. The molecule has 1 N–H and O–H groups in total. The van der Waals surface area contributed by atoms with E-state index in [4.69, 9.17) is 26.0 Å². The summed E-state index contributed by atoms with van der Waals surface area (Å²) in [6.45, 7) is 0.653. The van der Waals surface area contributed by atoms with Crippen molar-refractivity contribution >= 4 is 34.4 Å². The van der Waals surface area contributed by atoms with Gasteiger partial charge in [0.1, 0.15) is 17.3 Å². The van der Waals surface area contributed by atoms with Crippen molar-refractivity contribution in [3.05, 3.63) is 109 Å². The highest BCUT2D eigenvalue weighted by Gasteiger charge is 2.37. The maximum Gasteiger partial charge on any atom is 0.479 e. The fourth-order valence-corrected chi connectivity index (χ4v) is 4.25. The number of ether oxygens (including phenoxy) is 1. The fraction of sp³-hybridized carbons (Fsp3) is 0.192. The van der Waals surface area contributed by atoms with Gasteiger partial charge in [-0.25, -0.2) is 4.79 Å². The molecule has 0 aliphatic heterocycles. The molecule has 4 aromatic rings. The summed E-state index contributed by atoms with van der Waals surface area (Å²) in [5.74, 6) is -1.62. The van der Waals surface area contributed by atoms with E-state index in [9.17, 15) is 29.7 Å². The first-order valence-electron chi connectivity index (χ1n) is 11.8. The number of hydrogen-bond acceptors (Lipinski definition) is 10. The molecule has 1 atom stereocenters. The number of carboxylic acids is 1. The van der Waals surface area contributed by atoms with Gasteiger partial charge in [-0.3, -0.25) is 14.3 Å². The molecule has 0 aliphatic carbocycles. The molecule has 212 valence electrons. The van der Waals surface area contributed by atoms with Gasteiger partial charge in [0, 0.05) is 27.2 Å². The van der Waals surface area contributed by atoms with Crippen LogP contribution >= 0.6 is 11.6 Å². The maximum absolute atomic E-state index is 13.5. The molecule has 2 aromatic carbocycles. The molecule has 2 heterocycles. The second kappa shape index (κ2) is 12.3. The number of pyridine rings is 1. The van der Waals surface area contributed by atoms with Gasteiger partial charge in [0.2, 0.25) is 6.61 Å². The predicted octanol–water partition coefficient (Wildman–Crippen LogP) is 4.37. The van der Waals surface area contributed by atoms with Crippen LogP contribution in [0.4, 0.5) is 0 Å². The van der Waals surface area contributed by atoms with Gasteiger partial charge in [0.05, 0.1) is 24.0 Å². The topological polar surface area (TPSA) is 172 Å². The fourth-order valence-electron chi connectivity index (χ4n) is 4.13. The van der Waals surface area contributed by atoms with E-state index in [0.29, 0.717) is 21.7 Å². The van der Waals surface area contributed by atoms with Crippen molar-refractivity contribution in [1.82, 2.24) is 9.55 Å². The number of carbonyl (C=O) groups is 2. The molecule has 0 amide bonds. The molecule has 41 heavy (non-hydrogen) atoms. The number of rotatable bonds is 12. The van der Waals surface area contributed by atoms with Crippen LogP contribution in [-0.2, 0) is 32.5 Å². The van der Waals surface area contributed by atoms with Crippen molar-refractivity contribution in [2.75, 3.05) is 7.11 Å². The van der Waals surface area contributed by atoms with Crippen LogP contribution in [0.15, 0.2) is 60.7 Å². The van der Waals surface area contributed by atoms with Crippen LogP contribution in [0.1, 0.15) is 39.1 Å². The number of nitrogens with zero attached hydrogens (tertiary/aromatic N) is 4. The van der Waals surface area contributed by atoms with Crippen LogP contribution in [0, 0.1) is 21.9 Å². The Morgan fingerprint density at radius 2 is 1.71 bits per heavy atom. The van der Waals surface area contributed by atoms with Gasteiger partial charge in [0.25, 0.3) is 11.0 Å². The lowest BCUT2D eigenvalue weighted by Gasteiger charge is -2.09. The van der Waals surface area contributed by atoms with E-state index < -0.39 is 36.3 Å². The smallest absolute Gasteiger partial charge is 0.479 e. The zero-order valence-electron chi connectivity index (χ0n) is 21.6. The first-order chi connectivity index (χ1) is 19.6. The Morgan fingerprint density at radius 3 is 2.32 bits per heavy atom. The Bertz CT molecular complexity index is 1640. The lowest BCUT2D eigenvalue weighted by atomic mass is 10.1. The molecule has 15 heteroatoms. The second-order valence-corrected chi connectivity index (χ2v) is 8.90. The molecule has 4 rings (SSSR count). The summed E-state index contributed by atoms with van der Waals surface area (Å²) >= 11 is 5.96. The van der Waals surface area contributed by atoms with Gasteiger partial charge in [-0.05, 0) is 61.5 Å². The van der Waals surface area contributed by atoms with Crippen molar-refractivity contribution in [3.63, 3.8) is 0 Å². The largest absolute Gasteiger partial charge is 0.497 e. The second-order valence-electron chi connectivity index (χ2n) is 8.47. The summed E-state index contributed by atoms with van der Waals surface area (Å²) in [5, 5.41) is 19.8. The minimum Gasteiger partial charge on any atom is -0.497 e. The Hall–Kier alpha value is -5.24. The van der Waals surface area contributed by atoms with Crippen molar-refractivity contribution in [2.24, 2.45) is 0 Å². The Balaban J connectivity index is 1.64. The molecule has 0 bridgehead atoms. The van der Waals surface area contributed by atoms with Crippen molar-refractivity contribution in [3.8, 4) is 5.75 Å². The number of halogens is 1. The van der Waals surface area contributed by atoms with Crippen molar-refractivity contribution < 1.29 is 44.1 Å². The van der Waals surface area contributed by atoms with Crippen molar-refractivity contribution in [2.45, 2.75) is 26.2 Å². The van der Waals surface area contributed by atoms with E-state index in [1.807, 2.05) is 0 Å². The van der Waals surface area contributed by atoms with Crippen molar-refractivity contribution in [1.29, 1.82) is 0 Å². The molecule has 0 fully saturated rings. The van der Waals surface area contributed by atoms with Crippen LogP contribution in [-0.4, -0.2) is 43.8 Å². The molecule has 2 aromatic heterocycles. The van der Waals surface area contributed by atoms with E-state index in [0.717, 1.165) is 0 Å². The highest BCUT2D eigenvalue weighted by atomic mass is 35.5. The molecule has 14 nitrogen and oxygen atoms in total. The molecule has 1 unspecified atom stereocenters. The van der Waals surface area contributed by atoms with E-state index in [1.54, 1.807) is 24.3 Å². The quantitative estimate of drug-likeness (QED) is 0.185. The number of carbonyl (C=O) groups excluding carboxylic acids is 1. The van der Waals surface area contributed by atoms with E-state index in [2.05, 4.69) is 9.82 Å². The third-order valence-corrected chi connectivity index (χ3v) is 6.18. The summed E-state index contributed by atoms with van der Waals surface area (Å²) in [7, 11) is 1.43. The van der Waals surface area contributed by atoms with Gasteiger partial charge < -0.3 is 14.7 Å². The molecule has 0 spiro atoms. The van der Waals surface area contributed by atoms with Gasteiger partial charge in [-0.15, -0.1) is 10.1 Å². The molecule has 0 saturated carbocycles. The van der Waals surface area contributed by atoms with E-state index in [1.165, 1.54) is 55.0 Å². The summed E-state index contributed by atoms with van der Waals surface area (Å²) in [5.41, 5.74) is 1.26. The first kappa shape index (κ1) is 28.8. The normalized spacial score (nSPS) is 11.5. The molecular formula is C26H22ClN4O10+. The SMILES string of the molecule is COc1ccc2c(c1)c(C(O[N+](=O)OCc1cccc(CO[N+](=O)[O-])n1)C(=O)O)c(C)n2C(=O)c1ccc(Cl)cc1. The number of methoxy groups -OCH3 is 1.